The molecule has 152 valence electrons. The average molecular weight is 443 g/mol. The Kier molecular flexibility index (Phi) is 6.57. The molecule has 4 rings (SSSR count). The van der Waals surface area contributed by atoms with E-state index in [2.05, 4.69) is 6.07 Å². The van der Waals surface area contributed by atoms with E-state index in [1.54, 1.807) is 7.11 Å². The number of ether oxygens (including phenoxy) is 1. The number of rotatable bonds is 6. The molecule has 5 heteroatoms. The van der Waals surface area contributed by atoms with E-state index in [9.17, 15) is 5.26 Å². The summed E-state index contributed by atoms with van der Waals surface area (Å²) in [5.41, 5.74) is 4.99. The van der Waals surface area contributed by atoms with Gasteiger partial charge in [-0.25, -0.2) is 4.98 Å². The Morgan fingerprint density at radius 3 is 2.39 bits per heavy atom. The van der Waals surface area contributed by atoms with Crippen molar-refractivity contribution in [3.8, 4) is 34.2 Å². The fraction of sp³-hybridized carbons (Fsp3) is 0.0769. The Hall–Kier alpha value is -3.26. The molecular formula is C26H19ClN2OS. The van der Waals surface area contributed by atoms with E-state index in [4.69, 9.17) is 21.3 Å². The van der Waals surface area contributed by atoms with Gasteiger partial charge in [-0.3, -0.25) is 0 Å². The molecule has 1 aromatic heterocycles. The largest absolute Gasteiger partial charge is 0.496 e. The Balaban J connectivity index is 1.87. The molecule has 0 aliphatic carbocycles. The summed E-state index contributed by atoms with van der Waals surface area (Å²) in [6.45, 7) is 0. The zero-order valence-corrected chi connectivity index (χ0v) is 18.5. The summed E-state index contributed by atoms with van der Waals surface area (Å²) in [6.07, 6.45) is 0. The number of para-hydroxylation sites is 1. The van der Waals surface area contributed by atoms with Crippen LogP contribution in [0.3, 0.4) is 0 Å². The lowest BCUT2D eigenvalue weighted by molar-refractivity contribution is 0.416. The monoisotopic (exact) mass is 442 g/mol. The topological polar surface area (TPSA) is 45.9 Å². The molecule has 0 unspecified atom stereocenters. The second-order valence-electron chi connectivity index (χ2n) is 6.79. The van der Waals surface area contributed by atoms with Gasteiger partial charge in [-0.15, -0.1) is 11.8 Å². The first-order chi connectivity index (χ1) is 15.2. The first-order valence-corrected chi connectivity index (χ1v) is 11.1. The Labute approximate surface area is 191 Å². The van der Waals surface area contributed by atoms with E-state index >= 15 is 0 Å². The Bertz CT molecular complexity index is 1250. The van der Waals surface area contributed by atoms with Crippen LogP contribution in [-0.2, 0) is 5.75 Å². The normalized spacial score (nSPS) is 10.5. The van der Waals surface area contributed by atoms with Crippen LogP contribution in [0.1, 0.15) is 11.1 Å². The molecule has 31 heavy (non-hydrogen) atoms. The fourth-order valence-corrected chi connectivity index (χ4v) is 4.62. The third kappa shape index (κ3) is 4.59. The fourth-order valence-electron chi connectivity index (χ4n) is 3.33. The Morgan fingerprint density at radius 2 is 1.65 bits per heavy atom. The van der Waals surface area contributed by atoms with Crippen LogP contribution in [0.4, 0.5) is 0 Å². The predicted octanol–water partition coefficient (Wildman–Crippen LogP) is 7.24. The van der Waals surface area contributed by atoms with Gasteiger partial charge >= 0.3 is 0 Å². The Morgan fingerprint density at radius 1 is 0.935 bits per heavy atom. The number of nitriles is 1. The average Bonchev–Trinajstić information content (AvgIpc) is 2.83. The molecule has 3 aromatic carbocycles. The molecular weight excluding hydrogens is 424 g/mol. The number of thioether (sulfide) groups is 1. The third-order valence-electron chi connectivity index (χ3n) is 4.89. The summed E-state index contributed by atoms with van der Waals surface area (Å²) < 4.78 is 5.58. The molecule has 0 aliphatic rings. The summed E-state index contributed by atoms with van der Waals surface area (Å²) in [5, 5.41) is 11.4. The third-order valence-corrected chi connectivity index (χ3v) is 6.28. The number of aromatic nitrogens is 1. The number of methoxy groups -OCH3 is 1. The molecule has 0 saturated heterocycles. The number of nitrogens with zero attached hydrogens (tertiary/aromatic N) is 2. The molecule has 3 nitrogen and oxygen atoms in total. The number of pyridine rings is 1. The molecule has 1 heterocycles. The summed E-state index contributed by atoms with van der Waals surface area (Å²) in [5.74, 6) is 1.33. The highest BCUT2D eigenvalue weighted by molar-refractivity contribution is 7.98. The minimum absolute atomic E-state index is 0.529. The molecule has 0 fully saturated rings. The van der Waals surface area contributed by atoms with Gasteiger partial charge in [0.1, 0.15) is 16.8 Å². The van der Waals surface area contributed by atoms with Crippen molar-refractivity contribution in [2.24, 2.45) is 0 Å². The van der Waals surface area contributed by atoms with E-state index in [-0.39, 0.29) is 0 Å². The van der Waals surface area contributed by atoms with Crippen molar-refractivity contribution in [3.05, 3.63) is 101 Å². The maximum atomic E-state index is 10.1. The SMILES string of the molecule is COc1ccccc1-c1cc(-c2ccccc2)nc(SCc2ccccc2Cl)c1C#N. The van der Waals surface area contributed by atoms with Crippen LogP contribution in [0, 0.1) is 11.3 Å². The van der Waals surface area contributed by atoms with Gasteiger partial charge < -0.3 is 4.74 Å². The molecule has 0 amide bonds. The van der Waals surface area contributed by atoms with Crippen LogP contribution in [0.15, 0.2) is 90.0 Å². The van der Waals surface area contributed by atoms with Crippen LogP contribution in [0.5, 0.6) is 5.75 Å². The molecule has 4 aromatic rings. The standard InChI is InChI=1S/C26H19ClN2OS/c1-30-25-14-8-6-12-20(25)21-15-24(18-9-3-2-4-10-18)29-26(22(21)16-28)31-17-19-11-5-7-13-23(19)27/h2-15H,17H2,1H3. The van der Waals surface area contributed by atoms with Gasteiger partial charge in [-0.1, -0.05) is 78.3 Å². The lowest BCUT2D eigenvalue weighted by Crippen LogP contribution is -1.98. The lowest BCUT2D eigenvalue weighted by atomic mass is 9.98. The van der Waals surface area contributed by atoms with E-state index in [0.29, 0.717) is 27.1 Å². The number of hydrogen-bond donors (Lipinski definition) is 0. The molecule has 0 aliphatic heterocycles. The van der Waals surface area contributed by atoms with E-state index < -0.39 is 0 Å². The molecule has 0 atom stereocenters. The van der Waals surface area contributed by atoms with Gasteiger partial charge in [-0.05, 0) is 23.8 Å². The van der Waals surface area contributed by atoms with Gasteiger partial charge in [0.15, 0.2) is 0 Å². The minimum atomic E-state index is 0.529. The van der Waals surface area contributed by atoms with Crippen molar-refractivity contribution in [2.75, 3.05) is 7.11 Å². The summed E-state index contributed by atoms with van der Waals surface area (Å²) in [6, 6.07) is 29.8. The summed E-state index contributed by atoms with van der Waals surface area (Å²) in [7, 11) is 1.64. The van der Waals surface area contributed by atoms with Gasteiger partial charge in [0.25, 0.3) is 0 Å². The second kappa shape index (κ2) is 9.70. The zero-order valence-electron chi connectivity index (χ0n) is 16.9. The highest BCUT2D eigenvalue weighted by atomic mass is 35.5. The smallest absolute Gasteiger partial charge is 0.126 e. The van der Waals surface area contributed by atoms with Crippen molar-refractivity contribution in [1.29, 1.82) is 5.26 Å². The van der Waals surface area contributed by atoms with Crippen molar-refractivity contribution >= 4 is 23.4 Å². The van der Waals surface area contributed by atoms with Crippen molar-refractivity contribution in [3.63, 3.8) is 0 Å². The number of hydrogen-bond acceptors (Lipinski definition) is 4. The summed E-state index contributed by atoms with van der Waals surface area (Å²) in [4.78, 5) is 4.86. The first-order valence-electron chi connectivity index (χ1n) is 9.71. The van der Waals surface area contributed by atoms with Crippen LogP contribution >= 0.6 is 23.4 Å². The second-order valence-corrected chi connectivity index (χ2v) is 8.16. The van der Waals surface area contributed by atoms with Crippen molar-refractivity contribution in [1.82, 2.24) is 4.98 Å². The molecule has 0 bridgehead atoms. The van der Waals surface area contributed by atoms with E-state index in [0.717, 1.165) is 27.9 Å². The number of benzene rings is 3. The van der Waals surface area contributed by atoms with Crippen LogP contribution in [-0.4, -0.2) is 12.1 Å². The van der Waals surface area contributed by atoms with Crippen molar-refractivity contribution in [2.45, 2.75) is 10.8 Å². The molecule has 0 spiro atoms. The maximum Gasteiger partial charge on any atom is 0.126 e. The van der Waals surface area contributed by atoms with E-state index in [1.165, 1.54) is 11.8 Å². The minimum Gasteiger partial charge on any atom is -0.496 e. The molecule has 0 saturated carbocycles. The van der Waals surface area contributed by atoms with Crippen LogP contribution in [0.2, 0.25) is 5.02 Å². The number of halogens is 1. The van der Waals surface area contributed by atoms with Crippen LogP contribution < -0.4 is 4.74 Å². The zero-order chi connectivity index (χ0) is 21.6. The predicted molar refractivity (Wildman–Crippen MR) is 127 cm³/mol. The first kappa shape index (κ1) is 21.0. The van der Waals surface area contributed by atoms with Gasteiger partial charge in [0.05, 0.1) is 18.4 Å². The summed E-state index contributed by atoms with van der Waals surface area (Å²) >= 11 is 7.85. The molecule has 0 N–H and O–H groups in total. The lowest BCUT2D eigenvalue weighted by Gasteiger charge is -2.15. The van der Waals surface area contributed by atoms with Gasteiger partial charge in [-0.2, -0.15) is 5.26 Å². The van der Waals surface area contributed by atoms with E-state index in [1.807, 2.05) is 84.9 Å². The van der Waals surface area contributed by atoms with Gasteiger partial charge in [0, 0.05) is 27.5 Å². The molecule has 0 radical (unpaired) electrons. The highest BCUT2D eigenvalue weighted by Gasteiger charge is 2.18. The van der Waals surface area contributed by atoms with Gasteiger partial charge in [0.2, 0.25) is 0 Å². The highest BCUT2D eigenvalue weighted by Crippen LogP contribution is 2.39. The quantitative estimate of drug-likeness (QED) is 0.295. The van der Waals surface area contributed by atoms with Crippen LogP contribution in [0.25, 0.3) is 22.4 Å². The maximum absolute atomic E-state index is 10.1. The van der Waals surface area contributed by atoms with Crippen molar-refractivity contribution < 1.29 is 4.74 Å².